The molecular weight excluding hydrogens is 265 g/mol. The highest BCUT2D eigenvalue weighted by molar-refractivity contribution is 5.16. The molecule has 3 nitrogen and oxygen atoms in total. The largest absolute Gasteiger partial charge is 0.302 e. The predicted molar refractivity (Wildman–Crippen MR) is 80.7 cm³/mol. The van der Waals surface area contributed by atoms with Crippen LogP contribution in [0.1, 0.15) is 29.4 Å². The third-order valence-corrected chi connectivity index (χ3v) is 4.08. The van der Waals surface area contributed by atoms with Crippen LogP contribution < -0.4 is 0 Å². The molecule has 0 N–H and O–H groups in total. The molecule has 2 aromatic rings. The zero-order valence-corrected chi connectivity index (χ0v) is 12.3. The summed E-state index contributed by atoms with van der Waals surface area (Å²) in [5, 5.41) is 0. The molecule has 0 spiro atoms. The molecule has 110 valence electrons. The Morgan fingerprint density at radius 1 is 1.24 bits per heavy atom. The summed E-state index contributed by atoms with van der Waals surface area (Å²) in [5.74, 6) is 1.24. The van der Waals surface area contributed by atoms with Gasteiger partial charge in [0.25, 0.3) is 0 Å². The van der Waals surface area contributed by atoms with Crippen LogP contribution in [0.5, 0.6) is 0 Å². The van der Waals surface area contributed by atoms with Gasteiger partial charge in [-0.05, 0) is 50.1 Å². The summed E-state index contributed by atoms with van der Waals surface area (Å²) < 4.78 is 12.9. The fourth-order valence-electron chi connectivity index (χ4n) is 2.85. The molecule has 1 saturated heterocycles. The molecule has 1 unspecified atom stereocenters. The fourth-order valence-corrected chi connectivity index (χ4v) is 2.85. The Morgan fingerprint density at radius 3 is 2.81 bits per heavy atom. The summed E-state index contributed by atoms with van der Waals surface area (Å²) in [6.07, 6.45) is 3.92. The maximum absolute atomic E-state index is 12.9. The van der Waals surface area contributed by atoms with Crippen LogP contribution in [-0.2, 0) is 6.42 Å². The van der Waals surface area contributed by atoms with E-state index < -0.39 is 0 Å². The second-order valence-corrected chi connectivity index (χ2v) is 5.72. The molecule has 0 saturated carbocycles. The number of hydrogen-bond acceptors (Lipinski definition) is 3. The average molecular weight is 285 g/mol. The van der Waals surface area contributed by atoms with Crippen LogP contribution in [0, 0.1) is 12.7 Å². The van der Waals surface area contributed by atoms with E-state index in [0.717, 1.165) is 44.0 Å². The highest BCUT2D eigenvalue weighted by atomic mass is 19.1. The summed E-state index contributed by atoms with van der Waals surface area (Å²) in [6.45, 7) is 5.12. The lowest BCUT2D eigenvalue weighted by Gasteiger charge is -2.15. The molecule has 1 aromatic carbocycles. The maximum Gasteiger partial charge on any atom is 0.132 e. The minimum Gasteiger partial charge on any atom is -0.302 e. The smallest absolute Gasteiger partial charge is 0.132 e. The van der Waals surface area contributed by atoms with Crippen molar-refractivity contribution in [3.8, 4) is 0 Å². The van der Waals surface area contributed by atoms with Gasteiger partial charge in [0.05, 0.1) is 0 Å². The van der Waals surface area contributed by atoms with E-state index in [4.69, 9.17) is 0 Å². The van der Waals surface area contributed by atoms with Crippen molar-refractivity contribution >= 4 is 0 Å². The number of hydrogen-bond donors (Lipinski definition) is 0. The van der Waals surface area contributed by atoms with Crippen LogP contribution >= 0.6 is 0 Å². The molecule has 0 amide bonds. The lowest BCUT2D eigenvalue weighted by Crippen LogP contribution is -2.23. The molecule has 3 rings (SSSR count). The minimum absolute atomic E-state index is 0.170. The molecule has 1 aliphatic heterocycles. The molecule has 1 aliphatic rings. The Balaban J connectivity index is 1.54. The van der Waals surface area contributed by atoms with E-state index in [1.54, 1.807) is 0 Å². The third-order valence-electron chi connectivity index (χ3n) is 4.08. The molecule has 4 heteroatoms. The molecule has 21 heavy (non-hydrogen) atoms. The number of benzene rings is 1. The predicted octanol–water partition coefficient (Wildman–Crippen LogP) is 2.96. The van der Waals surface area contributed by atoms with Crippen LogP contribution in [0.3, 0.4) is 0 Å². The van der Waals surface area contributed by atoms with Crippen LogP contribution in [0.4, 0.5) is 4.39 Å². The number of halogens is 1. The number of likely N-dealkylation sites (tertiary alicyclic amines) is 1. The second kappa shape index (κ2) is 6.31. The van der Waals surface area contributed by atoms with E-state index in [1.165, 1.54) is 17.7 Å². The van der Waals surface area contributed by atoms with Gasteiger partial charge in [-0.25, -0.2) is 14.4 Å². The first kappa shape index (κ1) is 14.1. The SMILES string of the molecule is Cc1ccnc(C2CCN(CCc3ccc(F)cc3)C2)n1. The van der Waals surface area contributed by atoms with Crippen molar-refractivity contribution in [2.24, 2.45) is 0 Å². The summed E-state index contributed by atoms with van der Waals surface area (Å²) in [6, 6.07) is 8.73. The lowest BCUT2D eigenvalue weighted by molar-refractivity contribution is 0.337. The lowest BCUT2D eigenvalue weighted by atomic mass is 10.1. The highest BCUT2D eigenvalue weighted by Crippen LogP contribution is 2.24. The van der Waals surface area contributed by atoms with Gasteiger partial charge in [0.1, 0.15) is 11.6 Å². The van der Waals surface area contributed by atoms with Crippen molar-refractivity contribution in [3.63, 3.8) is 0 Å². The molecule has 2 heterocycles. The third kappa shape index (κ3) is 3.64. The van der Waals surface area contributed by atoms with Crippen molar-refractivity contribution < 1.29 is 4.39 Å². The number of rotatable bonds is 4. The van der Waals surface area contributed by atoms with Gasteiger partial charge in [-0.1, -0.05) is 12.1 Å². The van der Waals surface area contributed by atoms with Crippen molar-refractivity contribution in [1.82, 2.24) is 14.9 Å². The fraction of sp³-hybridized carbons (Fsp3) is 0.412. The molecular formula is C17H20FN3. The Hall–Kier alpha value is -1.81. The normalized spacial score (nSPS) is 19.0. The quantitative estimate of drug-likeness (QED) is 0.865. The van der Waals surface area contributed by atoms with Gasteiger partial charge < -0.3 is 4.90 Å². The Bertz CT molecular complexity index is 597. The van der Waals surface area contributed by atoms with Gasteiger partial charge in [0.2, 0.25) is 0 Å². The van der Waals surface area contributed by atoms with Gasteiger partial charge in [0.15, 0.2) is 0 Å². The minimum atomic E-state index is -0.170. The zero-order valence-electron chi connectivity index (χ0n) is 12.3. The topological polar surface area (TPSA) is 29.0 Å². The molecule has 1 fully saturated rings. The van der Waals surface area contributed by atoms with E-state index in [9.17, 15) is 4.39 Å². The van der Waals surface area contributed by atoms with Crippen LogP contribution in [0.2, 0.25) is 0 Å². The van der Waals surface area contributed by atoms with Gasteiger partial charge in [-0.15, -0.1) is 0 Å². The van der Waals surface area contributed by atoms with E-state index in [0.29, 0.717) is 5.92 Å². The van der Waals surface area contributed by atoms with Gasteiger partial charge in [-0.2, -0.15) is 0 Å². The summed E-state index contributed by atoms with van der Waals surface area (Å²) in [4.78, 5) is 11.4. The van der Waals surface area contributed by atoms with Crippen LogP contribution in [-0.4, -0.2) is 34.5 Å². The molecule has 0 aliphatic carbocycles. The van der Waals surface area contributed by atoms with Crippen molar-refractivity contribution in [2.45, 2.75) is 25.7 Å². The first-order valence-corrected chi connectivity index (χ1v) is 7.47. The molecule has 0 radical (unpaired) electrons. The van der Waals surface area contributed by atoms with Crippen molar-refractivity contribution in [3.05, 3.63) is 59.4 Å². The zero-order chi connectivity index (χ0) is 14.7. The first-order chi connectivity index (χ1) is 10.2. The molecule has 1 atom stereocenters. The maximum atomic E-state index is 12.9. The average Bonchev–Trinajstić information content (AvgIpc) is 2.96. The van der Waals surface area contributed by atoms with Crippen LogP contribution in [0.25, 0.3) is 0 Å². The van der Waals surface area contributed by atoms with E-state index in [-0.39, 0.29) is 5.82 Å². The van der Waals surface area contributed by atoms with E-state index in [2.05, 4.69) is 14.9 Å². The van der Waals surface area contributed by atoms with Crippen molar-refractivity contribution in [1.29, 1.82) is 0 Å². The summed E-state index contributed by atoms with van der Waals surface area (Å²) >= 11 is 0. The standard InChI is InChI=1S/C17H20FN3/c1-13-6-9-19-17(20-13)15-8-11-21(12-15)10-7-14-2-4-16(18)5-3-14/h2-6,9,15H,7-8,10-12H2,1H3. The number of aryl methyl sites for hydroxylation is 1. The summed E-state index contributed by atoms with van der Waals surface area (Å²) in [7, 11) is 0. The van der Waals surface area contributed by atoms with Gasteiger partial charge in [0, 0.05) is 30.9 Å². The molecule has 1 aromatic heterocycles. The highest BCUT2D eigenvalue weighted by Gasteiger charge is 2.25. The van der Waals surface area contributed by atoms with Gasteiger partial charge in [-0.3, -0.25) is 0 Å². The second-order valence-electron chi connectivity index (χ2n) is 5.72. The number of nitrogens with zero attached hydrogens (tertiary/aromatic N) is 3. The Kier molecular flexibility index (Phi) is 4.25. The van der Waals surface area contributed by atoms with E-state index in [1.807, 2.05) is 31.3 Å². The Labute approximate surface area is 124 Å². The summed E-state index contributed by atoms with van der Waals surface area (Å²) in [5.41, 5.74) is 2.22. The van der Waals surface area contributed by atoms with Gasteiger partial charge >= 0.3 is 0 Å². The Morgan fingerprint density at radius 2 is 2.05 bits per heavy atom. The first-order valence-electron chi connectivity index (χ1n) is 7.47. The monoisotopic (exact) mass is 285 g/mol. The van der Waals surface area contributed by atoms with Crippen LogP contribution in [0.15, 0.2) is 36.5 Å². The number of aromatic nitrogens is 2. The van der Waals surface area contributed by atoms with E-state index >= 15 is 0 Å². The van der Waals surface area contributed by atoms with Crippen molar-refractivity contribution in [2.75, 3.05) is 19.6 Å². The molecule has 0 bridgehead atoms.